The van der Waals surface area contributed by atoms with Crippen LogP contribution < -0.4 is 5.30 Å². The van der Waals surface area contributed by atoms with E-state index in [0.717, 1.165) is 11.1 Å². The number of rotatable bonds is 7. The van der Waals surface area contributed by atoms with Gasteiger partial charge in [0, 0.05) is 16.4 Å². The van der Waals surface area contributed by atoms with E-state index in [4.69, 9.17) is 0 Å². The first-order chi connectivity index (χ1) is 14.2. The van der Waals surface area contributed by atoms with Crippen molar-refractivity contribution in [2.45, 2.75) is 39.5 Å². The van der Waals surface area contributed by atoms with Crippen molar-refractivity contribution in [3.63, 3.8) is 0 Å². The molecule has 0 atom stereocenters. The van der Waals surface area contributed by atoms with Crippen molar-refractivity contribution < 1.29 is 14.2 Å². The summed E-state index contributed by atoms with van der Waals surface area (Å²) in [4.78, 5) is 27.2. The highest BCUT2D eigenvalue weighted by Gasteiger charge is 2.42. The largest absolute Gasteiger partial charge is 0.302 e. The zero-order chi connectivity index (χ0) is 21.9. The third-order valence-corrected chi connectivity index (χ3v) is 7.98. The molecule has 0 bridgehead atoms. The van der Waals surface area contributed by atoms with Crippen LogP contribution in [0.2, 0.25) is 0 Å². The SMILES string of the molecule is CC(C)c1cccc(C(=O)P(=O)(C(=O)c2cccc(C(C)C)c2)c2ccccc2)c1. The molecular weight excluding hydrogens is 391 g/mol. The number of hydrogen-bond donors (Lipinski definition) is 0. The molecule has 3 aromatic carbocycles. The van der Waals surface area contributed by atoms with Crippen molar-refractivity contribution in [2.24, 2.45) is 0 Å². The molecule has 0 aliphatic heterocycles. The molecule has 0 saturated carbocycles. The molecule has 0 aromatic heterocycles. The van der Waals surface area contributed by atoms with Gasteiger partial charge in [0.1, 0.15) is 0 Å². The maximum absolute atomic E-state index is 14.3. The van der Waals surface area contributed by atoms with Gasteiger partial charge in [-0.1, -0.05) is 94.4 Å². The quantitative estimate of drug-likeness (QED) is 0.406. The van der Waals surface area contributed by atoms with E-state index in [0.29, 0.717) is 11.1 Å². The van der Waals surface area contributed by atoms with Gasteiger partial charge in [-0.25, -0.2) is 0 Å². The zero-order valence-corrected chi connectivity index (χ0v) is 18.7. The highest BCUT2D eigenvalue weighted by atomic mass is 31.2. The summed E-state index contributed by atoms with van der Waals surface area (Å²) in [6.45, 7) is 8.12. The molecule has 0 radical (unpaired) electrons. The van der Waals surface area contributed by atoms with E-state index in [1.54, 1.807) is 66.7 Å². The lowest BCUT2D eigenvalue weighted by atomic mass is 10.0. The summed E-state index contributed by atoms with van der Waals surface area (Å²) in [6.07, 6.45) is 0. The molecule has 3 rings (SSSR count). The van der Waals surface area contributed by atoms with Crippen molar-refractivity contribution in [2.75, 3.05) is 0 Å². The van der Waals surface area contributed by atoms with E-state index < -0.39 is 18.2 Å². The summed E-state index contributed by atoms with van der Waals surface area (Å²) in [5, 5.41) is 0.268. The van der Waals surface area contributed by atoms with Crippen LogP contribution in [0.5, 0.6) is 0 Å². The van der Waals surface area contributed by atoms with E-state index in [9.17, 15) is 14.2 Å². The molecule has 30 heavy (non-hydrogen) atoms. The van der Waals surface area contributed by atoms with E-state index in [2.05, 4.69) is 0 Å². The van der Waals surface area contributed by atoms with E-state index in [1.165, 1.54) is 0 Å². The standard InChI is InChI=1S/C26H27O3P/c1-18(2)20-10-8-12-22(16-20)25(27)30(29,24-14-6-5-7-15-24)26(28)23-13-9-11-21(17-23)19(3)4/h5-19H,1-4H3. The van der Waals surface area contributed by atoms with Crippen LogP contribution in [-0.2, 0) is 4.57 Å². The molecule has 3 nitrogen and oxygen atoms in total. The van der Waals surface area contributed by atoms with Crippen molar-refractivity contribution in [1.29, 1.82) is 0 Å². The summed E-state index contributed by atoms with van der Waals surface area (Å²) in [7, 11) is -4.08. The van der Waals surface area contributed by atoms with Gasteiger partial charge in [0.05, 0.1) is 0 Å². The molecule has 0 fully saturated rings. The van der Waals surface area contributed by atoms with Crippen LogP contribution in [0, 0.1) is 0 Å². The van der Waals surface area contributed by atoms with Crippen LogP contribution >= 0.6 is 7.14 Å². The lowest BCUT2D eigenvalue weighted by Gasteiger charge is -2.18. The second-order valence-corrected chi connectivity index (χ2v) is 10.7. The lowest BCUT2D eigenvalue weighted by molar-refractivity contribution is 0.104. The van der Waals surface area contributed by atoms with Gasteiger partial charge in [-0.15, -0.1) is 0 Å². The van der Waals surface area contributed by atoms with Gasteiger partial charge in [-0.2, -0.15) is 0 Å². The summed E-state index contributed by atoms with van der Waals surface area (Å²) in [6, 6.07) is 22.6. The number of carbonyl (C=O) groups is 2. The fourth-order valence-electron chi connectivity index (χ4n) is 3.39. The summed E-state index contributed by atoms with van der Waals surface area (Å²) in [5.41, 5.74) is 1.32. The first-order valence-electron chi connectivity index (χ1n) is 10.2. The minimum absolute atomic E-state index is 0.215. The highest BCUT2D eigenvalue weighted by molar-refractivity contribution is 8.01. The zero-order valence-electron chi connectivity index (χ0n) is 17.8. The number of benzene rings is 3. The average molecular weight is 418 g/mol. The van der Waals surface area contributed by atoms with Crippen LogP contribution in [0.25, 0.3) is 0 Å². The normalized spacial score (nSPS) is 11.7. The van der Waals surface area contributed by atoms with Crippen LogP contribution in [-0.4, -0.2) is 11.0 Å². The number of hydrogen-bond acceptors (Lipinski definition) is 3. The predicted octanol–water partition coefficient (Wildman–Crippen LogP) is 6.60. The molecule has 0 unspecified atom stereocenters. The summed E-state index contributed by atoms with van der Waals surface area (Å²) >= 11 is 0. The Hall–Kier alpha value is -2.77. The molecule has 0 aliphatic carbocycles. The highest BCUT2D eigenvalue weighted by Crippen LogP contribution is 2.51. The Bertz CT molecular complexity index is 1050. The summed E-state index contributed by atoms with van der Waals surface area (Å²) in [5.74, 6) is 0.430. The first-order valence-corrected chi connectivity index (χ1v) is 11.9. The second kappa shape index (κ2) is 8.93. The minimum atomic E-state index is -4.08. The maximum atomic E-state index is 14.3. The fraction of sp³-hybridized carbons (Fsp3) is 0.231. The van der Waals surface area contributed by atoms with Crippen molar-refractivity contribution in [3.05, 3.63) is 101 Å². The van der Waals surface area contributed by atoms with Crippen molar-refractivity contribution in [1.82, 2.24) is 0 Å². The van der Waals surface area contributed by atoms with Crippen molar-refractivity contribution in [3.8, 4) is 0 Å². The molecule has 0 aliphatic rings. The van der Waals surface area contributed by atoms with E-state index >= 15 is 0 Å². The Labute approximate surface area is 178 Å². The van der Waals surface area contributed by atoms with Crippen LogP contribution in [0.3, 0.4) is 0 Å². The third-order valence-electron chi connectivity index (χ3n) is 5.29. The fourth-order valence-corrected chi connectivity index (χ4v) is 5.64. The van der Waals surface area contributed by atoms with Crippen LogP contribution in [0.1, 0.15) is 71.4 Å². The Morgan fingerprint density at radius 1 is 0.633 bits per heavy atom. The molecule has 0 heterocycles. The van der Waals surface area contributed by atoms with Crippen LogP contribution in [0.15, 0.2) is 78.9 Å². The van der Waals surface area contributed by atoms with Gasteiger partial charge < -0.3 is 4.57 Å². The smallest absolute Gasteiger partial charge is 0.248 e. The molecule has 154 valence electrons. The van der Waals surface area contributed by atoms with E-state index in [-0.39, 0.29) is 17.1 Å². The Morgan fingerprint density at radius 2 is 1.07 bits per heavy atom. The molecule has 0 saturated heterocycles. The summed E-state index contributed by atoms with van der Waals surface area (Å²) < 4.78 is 14.3. The first kappa shape index (κ1) is 21.9. The molecular formula is C26H27O3P. The topological polar surface area (TPSA) is 51.2 Å². The van der Waals surface area contributed by atoms with Gasteiger partial charge in [0.25, 0.3) is 0 Å². The Kier molecular flexibility index (Phi) is 6.53. The van der Waals surface area contributed by atoms with Crippen LogP contribution in [0.4, 0.5) is 0 Å². The molecule has 0 spiro atoms. The van der Waals surface area contributed by atoms with Gasteiger partial charge in [0.2, 0.25) is 18.2 Å². The van der Waals surface area contributed by atoms with Crippen molar-refractivity contribution >= 4 is 23.5 Å². The Morgan fingerprint density at radius 3 is 1.47 bits per heavy atom. The number of carbonyl (C=O) groups excluding carboxylic acids is 2. The molecule has 4 heteroatoms. The minimum Gasteiger partial charge on any atom is -0.302 e. The predicted molar refractivity (Wildman–Crippen MR) is 123 cm³/mol. The van der Waals surface area contributed by atoms with E-state index in [1.807, 2.05) is 39.8 Å². The lowest BCUT2D eigenvalue weighted by Crippen LogP contribution is -2.20. The maximum Gasteiger partial charge on any atom is 0.248 e. The molecule has 0 N–H and O–H groups in total. The monoisotopic (exact) mass is 418 g/mol. The molecule has 3 aromatic rings. The van der Waals surface area contributed by atoms with Gasteiger partial charge in [-0.05, 0) is 35.1 Å². The van der Waals surface area contributed by atoms with Gasteiger partial charge in [-0.3, -0.25) is 9.59 Å². The second-order valence-electron chi connectivity index (χ2n) is 8.12. The third kappa shape index (κ3) is 4.22. The molecule has 0 amide bonds. The average Bonchev–Trinajstić information content (AvgIpc) is 2.78. The van der Waals surface area contributed by atoms with Gasteiger partial charge in [0.15, 0.2) is 0 Å². The Balaban J connectivity index is 2.17. The van der Waals surface area contributed by atoms with Gasteiger partial charge >= 0.3 is 0 Å².